The van der Waals surface area contributed by atoms with E-state index in [9.17, 15) is 13.6 Å². The van der Waals surface area contributed by atoms with E-state index in [4.69, 9.17) is 16.3 Å². The quantitative estimate of drug-likeness (QED) is 0.570. The molecule has 28 heavy (non-hydrogen) atoms. The number of amidine groups is 1. The number of nitrogens with one attached hydrogen (secondary N) is 1. The first-order valence-corrected chi connectivity index (χ1v) is 9.62. The second-order valence-electron chi connectivity index (χ2n) is 6.30. The van der Waals surface area contributed by atoms with Gasteiger partial charge in [-0.2, -0.15) is 4.99 Å². The lowest BCUT2D eigenvalue weighted by atomic mass is 10.1. The van der Waals surface area contributed by atoms with Gasteiger partial charge in [0.15, 0.2) is 11.6 Å². The molecule has 0 aliphatic carbocycles. The lowest BCUT2D eigenvalue weighted by molar-refractivity contribution is 0.0992. The molecule has 0 saturated heterocycles. The lowest BCUT2D eigenvalue weighted by Gasteiger charge is -2.14. The van der Waals surface area contributed by atoms with Gasteiger partial charge in [0.1, 0.15) is 29.2 Å². The number of nitrogens with zero attached hydrogens (tertiary/aromatic N) is 2. The number of carbonyl (C=O) groups is 1. The first kappa shape index (κ1) is 20.4. The summed E-state index contributed by atoms with van der Waals surface area (Å²) in [5.74, 6) is -2.93. The van der Waals surface area contributed by atoms with Crippen LogP contribution in [0.2, 0.25) is 5.02 Å². The number of anilines is 1. The second kappa shape index (κ2) is 8.36. The van der Waals surface area contributed by atoms with Gasteiger partial charge in [-0.3, -0.25) is 4.79 Å². The molecular formula is C19H18ClF2N3O2S. The van der Waals surface area contributed by atoms with E-state index in [1.165, 1.54) is 11.8 Å². The molecular weight excluding hydrogens is 408 g/mol. The molecule has 1 atom stereocenters. The highest BCUT2D eigenvalue weighted by Gasteiger charge is 2.25. The number of aliphatic imine (C=N–C) groups is 1. The van der Waals surface area contributed by atoms with Crippen LogP contribution in [0.15, 0.2) is 40.2 Å². The Balaban J connectivity index is 1.74. The molecule has 1 aliphatic heterocycles. The summed E-state index contributed by atoms with van der Waals surface area (Å²) >= 11 is 7.48. The molecule has 5 nitrogen and oxygen atoms in total. The largest absolute Gasteiger partial charge is 0.487 e. The van der Waals surface area contributed by atoms with Crippen LogP contribution in [-0.2, 0) is 0 Å². The van der Waals surface area contributed by atoms with Gasteiger partial charge in [-0.25, -0.2) is 8.78 Å². The highest BCUT2D eigenvalue weighted by atomic mass is 35.5. The molecule has 0 aromatic heterocycles. The number of rotatable bonds is 4. The Morgan fingerprint density at radius 1 is 1.32 bits per heavy atom. The molecule has 1 unspecified atom stereocenters. The van der Waals surface area contributed by atoms with E-state index >= 15 is 0 Å². The third-order valence-electron chi connectivity index (χ3n) is 4.10. The van der Waals surface area contributed by atoms with Crippen LogP contribution in [-0.4, -0.2) is 42.7 Å². The van der Waals surface area contributed by atoms with Crippen molar-refractivity contribution in [3.8, 4) is 5.75 Å². The number of halogens is 3. The Morgan fingerprint density at radius 3 is 2.79 bits per heavy atom. The van der Waals surface area contributed by atoms with Crippen molar-refractivity contribution < 1.29 is 18.3 Å². The minimum atomic E-state index is -1.07. The molecule has 1 amide bonds. The monoisotopic (exact) mass is 425 g/mol. The van der Waals surface area contributed by atoms with Gasteiger partial charge in [-0.05, 0) is 37.3 Å². The Morgan fingerprint density at radius 2 is 2.07 bits per heavy atom. The van der Waals surface area contributed by atoms with E-state index in [-0.39, 0.29) is 17.7 Å². The van der Waals surface area contributed by atoms with Crippen molar-refractivity contribution in [3.63, 3.8) is 0 Å². The average molecular weight is 426 g/mol. The van der Waals surface area contributed by atoms with Crippen molar-refractivity contribution in [3.05, 3.63) is 52.6 Å². The fraction of sp³-hybridized carbons (Fsp3) is 0.263. The van der Waals surface area contributed by atoms with Crippen LogP contribution in [0.5, 0.6) is 5.75 Å². The van der Waals surface area contributed by atoms with Gasteiger partial charge in [0.2, 0.25) is 0 Å². The number of benzene rings is 2. The van der Waals surface area contributed by atoms with Crippen LogP contribution >= 0.6 is 23.4 Å². The molecule has 0 saturated carbocycles. The summed E-state index contributed by atoms with van der Waals surface area (Å²) in [5, 5.41) is 3.65. The normalized spacial score (nSPS) is 15.8. The van der Waals surface area contributed by atoms with Crippen molar-refractivity contribution in [1.82, 2.24) is 4.90 Å². The predicted octanol–water partition coefficient (Wildman–Crippen LogP) is 4.66. The number of carbonyl (C=O) groups excluding carboxylic acids is 1. The van der Waals surface area contributed by atoms with Crippen LogP contribution < -0.4 is 10.1 Å². The summed E-state index contributed by atoms with van der Waals surface area (Å²) in [5.41, 5.74) is 0.135. The van der Waals surface area contributed by atoms with Gasteiger partial charge in [0.25, 0.3) is 5.91 Å². The molecule has 1 N–H and O–H groups in total. The van der Waals surface area contributed by atoms with Gasteiger partial charge in [-0.15, -0.1) is 0 Å². The molecule has 0 spiro atoms. The number of amides is 1. The topological polar surface area (TPSA) is 53.9 Å². The zero-order chi connectivity index (χ0) is 20.4. The van der Waals surface area contributed by atoms with E-state index in [1.54, 1.807) is 38.1 Å². The summed E-state index contributed by atoms with van der Waals surface area (Å²) < 4.78 is 34.3. The van der Waals surface area contributed by atoms with Crippen molar-refractivity contribution in [2.45, 2.75) is 17.2 Å². The van der Waals surface area contributed by atoms with Crippen LogP contribution in [0.1, 0.15) is 17.3 Å². The summed E-state index contributed by atoms with van der Waals surface area (Å²) in [4.78, 5) is 18.5. The Kier molecular flexibility index (Phi) is 6.10. The average Bonchev–Trinajstić information content (AvgIpc) is 3.02. The maximum absolute atomic E-state index is 14.7. The number of hydrogen-bond acceptors (Lipinski definition) is 4. The minimum Gasteiger partial charge on any atom is -0.487 e. The van der Waals surface area contributed by atoms with E-state index < -0.39 is 23.1 Å². The van der Waals surface area contributed by atoms with Crippen LogP contribution in [0.25, 0.3) is 0 Å². The summed E-state index contributed by atoms with van der Waals surface area (Å²) in [7, 11) is 3.35. The summed E-state index contributed by atoms with van der Waals surface area (Å²) in [6.07, 6.45) is 0. The smallest absolute Gasteiger partial charge is 0.284 e. The van der Waals surface area contributed by atoms with Crippen molar-refractivity contribution in [2.24, 2.45) is 4.99 Å². The van der Waals surface area contributed by atoms with E-state index in [1.807, 2.05) is 6.07 Å². The molecule has 1 heterocycles. The van der Waals surface area contributed by atoms with Crippen LogP contribution in [0.3, 0.4) is 0 Å². The number of hydrogen-bond donors (Lipinski definition) is 1. The lowest BCUT2D eigenvalue weighted by Crippen LogP contribution is -2.21. The van der Waals surface area contributed by atoms with Gasteiger partial charge in [0.05, 0.1) is 5.69 Å². The van der Waals surface area contributed by atoms with Crippen molar-refractivity contribution in [2.75, 3.05) is 26.0 Å². The van der Waals surface area contributed by atoms with Crippen LogP contribution in [0.4, 0.5) is 14.5 Å². The van der Waals surface area contributed by atoms with Crippen molar-refractivity contribution >= 4 is 40.8 Å². The zero-order valence-electron chi connectivity index (χ0n) is 15.4. The standard InChI is InChI=1S/C19H18ClF2N3O2S/c1-10(25(2)3)23-19(26)17-12(21)5-6-14(18(17)22)27-9-16-24-13-8-11(20)4-7-15(13)28-16/h4-8,16,24H,9H2,1-3H3. The maximum Gasteiger partial charge on any atom is 0.284 e. The highest BCUT2D eigenvalue weighted by Crippen LogP contribution is 2.40. The molecule has 2 aromatic rings. The molecule has 0 bridgehead atoms. The molecule has 3 rings (SSSR count). The summed E-state index contributed by atoms with van der Waals surface area (Å²) in [6.45, 7) is 1.67. The molecule has 9 heteroatoms. The fourth-order valence-electron chi connectivity index (χ4n) is 2.46. The molecule has 0 radical (unpaired) electrons. The molecule has 2 aromatic carbocycles. The van der Waals surface area contributed by atoms with Crippen LogP contribution in [0, 0.1) is 11.6 Å². The molecule has 0 fully saturated rings. The minimum absolute atomic E-state index is 0.104. The van der Waals surface area contributed by atoms with Gasteiger partial charge < -0.3 is 15.0 Å². The zero-order valence-corrected chi connectivity index (χ0v) is 17.0. The van der Waals surface area contributed by atoms with Gasteiger partial charge >= 0.3 is 0 Å². The SMILES string of the molecule is CC(=NC(=O)c1c(F)ccc(OCC2Nc3cc(Cl)ccc3S2)c1F)N(C)C. The third kappa shape index (κ3) is 4.39. The first-order chi connectivity index (χ1) is 13.3. The van der Waals surface area contributed by atoms with E-state index in [0.717, 1.165) is 22.7 Å². The number of thioether (sulfide) groups is 1. The summed E-state index contributed by atoms with van der Waals surface area (Å²) in [6, 6.07) is 7.62. The van der Waals surface area contributed by atoms with Gasteiger partial charge in [0, 0.05) is 24.0 Å². The van der Waals surface area contributed by atoms with E-state index in [0.29, 0.717) is 10.9 Å². The van der Waals surface area contributed by atoms with E-state index in [2.05, 4.69) is 10.3 Å². The van der Waals surface area contributed by atoms with Crippen molar-refractivity contribution in [1.29, 1.82) is 0 Å². The molecule has 1 aliphatic rings. The first-order valence-electron chi connectivity index (χ1n) is 8.36. The maximum atomic E-state index is 14.7. The van der Waals surface area contributed by atoms with Gasteiger partial charge in [-0.1, -0.05) is 23.4 Å². The Labute approximate surface area is 170 Å². The Bertz CT molecular complexity index is 953. The highest BCUT2D eigenvalue weighted by molar-refractivity contribution is 8.00. The third-order valence-corrected chi connectivity index (χ3v) is 5.48. The second-order valence-corrected chi connectivity index (χ2v) is 7.98. The predicted molar refractivity (Wildman–Crippen MR) is 108 cm³/mol. The fourth-order valence-corrected chi connectivity index (χ4v) is 3.65. The Hall–Kier alpha value is -2.32. The molecule has 148 valence electrons. The number of fused-ring (bicyclic) bond motifs is 1. The number of ether oxygens (including phenoxy) is 1.